The van der Waals surface area contributed by atoms with Crippen LogP contribution in [0.25, 0.3) is 27.7 Å². The van der Waals surface area contributed by atoms with Gasteiger partial charge in [0.25, 0.3) is 5.56 Å². The van der Waals surface area contributed by atoms with Crippen molar-refractivity contribution in [2.75, 3.05) is 0 Å². The molecule has 8 heteroatoms. The number of fused-ring (bicyclic) bond motifs is 3. The van der Waals surface area contributed by atoms with Gasteiger partial charge in [0.2, 0.25) is 0 Å². The van der Waals surface area contributed by atoms with Crippen LogP contribution >= 0.6 is 45.5 Å². The van der Waals surface area contributed by atoms with Crippen LogP contribution in [0, 0.1) is 3.57 Å². The minimum atomic E-state index is -0.304. The van der Waals surface area contributed by atoms with Crippen molar-refractivity contribution in [1.29, 1.82) is 0 Å². The first-order chi connectivity index (χ1) is 13.5. The molecule has 1 N–H and O–H groups in total. The second-order valence-electron chi connectivity index (χ2n) is 6.35. The lowest BCUT2D eigenvalue weighted by Crippen LogP contribution is -2.15. The number of rotatable bonds is 2. The van der Waals surface area contributed by atoms with Crippen LogP contribution < -0.4 is 5.56 Å². The highest BCUT2D eigenvalue weighted by atomic mass is 127. The van der Waals surface area contributed by atoms with Crippen LogP contribution in [0.5, 0.6) is 0 Å². The SMILES string of the molecule is O=c1nc2n(c3ccc(I)cc13)CC(O)=C2c1nc(-c2ccc(Cl)cc2)cs1. The molecule has 0 aliphatic carbocycles. The summed E-state index contributed by atoms with van der Waals surface area (Å²) >= 11 is 9.53. The van der Waals surface area contributed by atoms with E-state index in [9.17, 15) is 9.90 Å². The van der Waals surface area contributed by atoms with Crippen LogP contribution in [0.15, 0.2) is 58.4 Å². The summed E-state index contributed by atoms with van der Waals surface area (Å²) in [6.07, 6.45) is 0. The molecule has 0 amide bonds. The molecule has 0 radical (unpaired) electrons. The van der Waals surface area contributed by atoms with Gasteiger partial charge < -0.3 is 9.67 Å². The van der Waals surface area contributed by atoms with Gasteiger partial charge in [0.15, 0.2) is 5.82 Å². The van der Waals surface area contributed by atoms with Crippen LogP contribution in [0.3, 0.4) is 0 Å². The Labute approximate surface area is 182 Å². The number of nitrogens with zero attached hydrogens (tertiary/aromatic N) is 3. The largest absolute Gasteiger partial charge is 0.510 e. The van der Waals surface area contributed by atoms with Crippen molar-refractivity contribution in [2.24, 2.45) is 0 Å². The van der Waals surface area contributed by atoms with Gasteiger partial charge in [-0.25, -0.2) is 4.98 Å². The minimum absolute atomic E-state index is 0.162. The molecule has 0 spiro atoms. The summed E-state index contributed by atoms with van der Waals surface area (Å²) in [6, 6.07) is 13.1. The monoisotopic (exact) mass is 519 g/mol. The molecule has 0 saturated heterocycles. The van der Waals surface area contributed by atoms with Crippen molar-refractivity contribution >= 4 is 62.0 Å². The highest BCUT2D eigenvalue weighted by Gasteiger charge is 2.28. The first-order valence-electron chi connectivity index (χ1n) is 8.36. The normalized spacial score (nSPS) is 13.4. The highest BCUT2D eigenvalue weighted by molar-refractivity contribution is 14.1. The maximum absolute atomic E-state index is 12.6. The van der Waals surface area contributed by atoms with E-state index in [2.05, 4.69) is 32.6 Å². The van der Waals surface area contributed by atoms with E-state index in [1.54, 1.807) is 0 Å². The second kappa shape index (κ2) is 6.68. The summed E-state index contributed by atoms with van der Waals surface area (Å²) in [7, 11) is 0. The predicted octanol–water partition coefficient (Wildman–Crippen LogP) is 5.11. The molecule has 138 valence electrons. The fraction of sp³-hybridized carbons (Fsp3) is 0.0500. The number of aromatic nitrogens is 3. The Hall–Kier alpha value is -2.23. The molecule has 1 aliphatic rings. The average Bonchev–Trinajstić information content (AvgIpc) is 3.27. The molecule has 0 unspecified atom stereocenters. The van der Waals surface area contributed by atoms with Gasteiger partial charge in [-0.3, -0.25) is 4.79 Å². The summed E-state index contributed by atoms with van der Waals surface area (Å²) in [5.74, 6) is 0.614. The molecule has 2 aromatic carbocycles. The van der Waals surface area contributed by atoms with Gasteiger partial charge in [0, 0.05) is 19.5 Å². The number of benzene rings is 2. The maximum Gasteiger partial charge on any atom is 0.281 e. The Morgan fingerprint density at radius 3 is 2.71 bits per heavy atom. The fourth-order valence-corrected chi connectivity index (χ4v) is 4.82. The second-order valence-corrected chi connectivity index (χ2v) is 8.89. The van der Waals surface area contributed by atoms with Crippen molar-refractivity contribution in [2.45, 2.75) is 6.54 Å². The van der Waals surface area contributed by atoms with Crippen LogP contribution in [0.2, 0.25) is 5.02 Å². The summed E-state index contributed by atoms with van der Waals surface area (Å²) in [5, 5.41) is 14.4. The molecule has 1 aliphatic heterocycles. The van der Waals surface area contributed by atoms with Gasteiger partial charge in [-0.05, 0) is 52.9 Å². The predicted molar refractivity (Wildman–Crippen MR) is 120 cm³/mol. The quantitative estimate of drug-likeness (QED) is 0.374. The number of thiazole rings is 1. The number of aliphatic hydroxyl groups is 1. The summed E-state index contributed by atoms with van der Waals surface area (Å²) in [4.78, 5) is 21.5. The van der Waals surface area contributed by atoms with Gasteiger partial charge in [0.05, 0.1) is 28.7 Å². The molecular weight excluding hydrogens is 509 g/mol. The van der Waals surface area contributed by atoms with Gasteiger partial charge >= 0.3 is 0 Å². The molecule has 5 nitrogen and oxygen atoms in total. The zero-order chi connectivity index (χ0) is 19.4. The summed E-state index contributed by atoms with van der Waals surface area (Å²) in [6.45, 7) is 0.269. The average molecular weight is 520 g/mol. The van der Waals surface area contributed by atoms with E-state index in [1.807, 2.05) is 52.4 Å². The number of aliphatic hydroxyl groups excluding tert-OH is 1. The lowest BCUT2D eigenvalue weighted by atomic mass is 10.2. The molecule has 3 heterocycles. The molecule has 0 fully saturated rings. The smallest absolute Gasteiger partial charge is 0.281 e. The Morgan fingerprint density at radius 2 is 1.93 bits per heavy atom. The third-order valence-electron chi connectivity index (χ3n) is 4.62. The van der Waals surface area contributed by atoms with Gasteiger partial charge in [0.1, 0.15) is 10.8 Å². The van der Waals surface area contributed by atoms with Gasteiger partial charge in [-0.2, -0.15) is 4.98 Å². The van der Waals surface area contributed by atoms with Gasteiger partial charge in [-0.1, -0.05) is 23.7 Å². The molecule has 0 atom stereocenters. The number of hydrogen-bond acceptors (Lipinski definition) is 5. The number of halogens is 2. The number of hydrogen-bond donors (Lipinski definition) is 1. The van der Waals surface area contributed by atoms with E-state index in [1.165, 1.54) is 11.3 Å². The first kappa shape index (κ1) is 17.8. The van der Waals surface area contributed by atoms with Gasteiger partial charge in [-0.15, -0.1) is 11.3 Å². The van der Waals surface area contributed by atoms with E-state index in [-0.39, 0.29) is 17.9 Å². The van der Waals surface area contributed by atoms with E-state index in [0.29, 0.717) is 26.8 Å². The zero-order valence-corrected chi connectivity index (χ0v) is 17.9. The Bertz CT molecular complexity index is 1340. The molecule has 0 bridgehead atoms. The minimum Gasteiger partial charge on any atom is -0.510 e. The highest BCUT2D eigenvalue weighted by Crippen LogP contribution is 2.36. The maximum atomic E-state index is 12.6. The zero-order valence-electron chi connectivity index (χ0n) is 14.2. The topological polar surface area (TPSA) is 68.0 Å². The van der Waals surface area contributed by atoms with E-state index in [4.69, 9.17) is 11.6 Å². The van der Waals surface area contributed by atoms with E-state index in [0.717, 1.165) is 20.3 Å². The molecule has 4 aromatic rings. The van der Waals surface area contributed by atoms with Crippen molar-refractivity contribution in [3.05, 3.63) is 83.4 Å². The van der Waals surface area contributed by atoms with Crippen molar-refractivity contribution in [1.82, 2.24) is 14.5 Å². The first-order valence-corrected chi connectivity index (χ1v) is 10.7. The third-order valence-corrected chi connectivity index (χ3v) is 6.40. The van der Waals surface area contributed by atoms with Crippen LogP contribution in [-0.4, -0.2) is 19.6 Å². The third kappa shape index (κ3) is 2.85. The molecular formula is C20H11ClIN3O2S. The standard InChI is InChI=1S/C20H11ClIN3O2S/c21-11-3-1-10(2-4-11)14-9-28-20(23-14)17-16(26)8-25-15-6-5-12(22)7-13(15)19(27)24-18(17)25/h1-7,9,26H,8H2. The van der Waals surface area contributed by atoms with E-state index < -0.39 is 0 Å². The van der Waals surface area contributed by atoms with Crippen molar-refractivity contribution < 1.29 is 5.11 Å². The fourth-order valence-electron chi connectivity index (χ4n) is 3.32. The Kier molecular flexibility index (Phi) is 4.26. The lowest BCUT2D eigenvalue weighted by molar-refractivity contribution is 0.389. The van der Waals surface area contributed by atoms with E-state index >= 15 is 0 Å². The molecule has 0 saturated carbocycles. The summed E-state index contributed by atoms with van der Waals surface area (Å²) in [5.41, 5.74) is 2.69. The van der Waals surface area contributed by atoms with Crippen molar-refractivity contribution in [3.63, 3.8) is 0 Å². The Balaban J connectivity index is 1.64. The Morgan fingerprint density at radius 1 is 1.14 bits per heavy atom. The lowest BCUT2D eigenvalue weighted by Gasteiger charge is -2.09. The van der Waals surface area contributed by atoms with Crippen LogP contribution in [-0.2, 0) is 6.54 Å². The van der Waals surface area contributed by atoms with Crippen molar-refractivity contribution in [3.8, 4) is 11.3 Å². The number of allylic oxidation sites excluding steroid dienone is 1. The molecule has 2 aromatic heterocycles. The summed E-state index contributed by atoms with van der Waals surface area (Å²) < 4.78 is 2.83. The van der Waals surface area contributed by atoms with Crippen LogP contribution in [0.1, 0.15) is 10.8 Å². The molecule has 28 heavy (non-hydrogen) atoms. The van der Waals surface area contributed by atoms with Crippen LogP contribution in [0.4, 0.5) is 0 Å². The molecule has 5 rings (SSSR count).